The molecule has 1 fully saturated rings. The third-order valence-electron chi connectivity index (χ3n) is 7.22. The van der Waals surface area contributed by atoms with E-state index >= 15 is 4.39 Å². The molecule has 1 saturated heterocycles. The molecule has 3 heterocycles. The number of hydrogen-bond donors (Lipinski definition) is 4. The monoisotopic (exact) mass is 585 g/mol. The number of rotatable bonds is 8. The average molecular weight is 586 g/mol. The maximum absolute atomic E-state index is 16.7. The van der Waals surface area contributed by atoms with Gasteiger partial charge in [-0.3, -0.25) is 9.83 Å². The molecule has 5 N–H and O–H groups in total. The summed E-state index contributed by atoms with van der Waals surface area (Å²) in [7, 11) is 1.47. The van der Waals surface area contributed by atoms with E-state index in [9.17, 15) is 14.6 Å². The van der Waals surface area contributed by atoms with Crippen LogP contribution in [-0.2, 0) is 9.57 Å². The summed E-state index contributed by atoms with van der Waals surface area (Å²) in [6.07, 6.45) is -4.07. The largest absolute Gasteiger partial charge is 0.481 e. The number of nitrogens with one attached hydrogen (secondary N) is 1. The number of pyridine rings is 1. The van der Waals surface area contributed by atoms with Crippen molar-refractivity contribution in [2.24, 2.45) is 15.7 Å². The number of allylic oxidation sites excluding steroid dienone is 2. The van der Waals surface area contributed by atoms with E-state index < -0.39 is 36.3 Å². The topological polar surface area (TPSA) is 144 Å². The van der Waals surface area contributed by atoms with Crippen molar-refractivity contribution in [3.8, 4) is 17.1 Å². The minimum absolute atomic E-state index is 0.0220. The van der Waals surface area contributed by atoms with Gasteiger partial charge in [0.15, 0.2) is 12.0 Å². The van der Waals surface area contributed by atoms with Crippen molar-refractivity contribution >= 4 is 11.5 Å². The predicted octanol–water partition coefficient (Wildman–Crippen LogP) is 3.71. The first kappa shape index (κ1) is 31.2. The second-order valence-corrected chi connectivity index (χ2v) is 10.4. The first-order valence-corrected chi connectivity index (χ1v) is 13.7. The zero-order chi connectivity index (χ0) is 30.6. The van der Waals surface area contributed by atoms with Crippen LogP contribution in [0.4, 0.5) is 8.78 Å². The van der Waals surface area contributed by atoms with Crippen LogP contribution in [-0.4, -0.2) is 71.6 Å². The molecule has 4 rings (SSSR count). The highest BCUT2D eigenvalue weighted by molar-refractivity contribution is 6.27. The average Bonchev–Trinajstić information content (AvgIpc) is 3.30. The number of hydrogen-bond acceptors (Lipinski definition) is 10. The fourth-order valence-corrected chi connectivity index (χ4v) is 4.69. The Kier molecular flexibility index (Phi) is 10.0. The normalized spacial score (nSPS) is 25.7. The molecule has 42 heavy (non-hydrogen) atoms. The van der Waals surface area contributed by atoms with E-state index in [0.29, 0.717) is 40.3 Å². The van der Waals surface area contributed by atoms with Gasteiger partial charge in [-0.1, -0.05) is 24.6 Å². The number of aliphatic hydroxyl groups excluding tert-OH is 2. The van der Waals surface area contributed by atoms with Crippen LogP contribution in [0.2, 0.25) is 0 Å². The van der Waals surface area contributed by atoms with Crippen LogP contribution in [0.3, 0.4) is 0 Å². The first-order valence-electron chi connectivity index (χ1n) is 13.7. The molecule has 10 nitrogen and oxygen atoms in total. The number of nitrogens with two attached hydrogens (primary N) is 1. The second kappa shape index (κ2) is 13.5. The highest BCUT2D eigenvalue weighted by Crippen LogP contribution is 2.38. The van der Waals surface area contributed by atoms with Crippen molar-refractivity contribution in [2.75, 3.05) is 20.3 Å². The third kappa shape index (κ3) is 6.67. The van der Waals surface area contributed by atoms with Crippen molar-refractivity contribution < 1.29 is 33.3 Å². The number of ether oxygens (including phenoxy) is 2. The molecule has 1 aromatic carbocycles. The molecular weight excluding hydrogens is 548 g/mol. The fourth-order valence-electron chi connectivity index (χ4n) is 4.69. The van der Waals surface area contributed by atoms with Crippen molar-refractivity contribution in [2.45, 2.75) is 64.6 Å². The summed E-state index contributed by atoms with van der Waals surface area (Å²) in [5, 5.41) is 19.9. The Hall–Kier alpha value is -3.71. The number of methoxy groups -OCH3 is 1. The quantitative estimate of drug-likeness (QED) is 0.344. The number of aliphatic imine (C=N–C) groups is 2. The van der Waals surface area contributed by atoms with Gasteiger partial charge >= 0.3 is 0 Å². The Morgan fingerprint density at radius 1 is 1.21 bits per heavy atom. The van der Waals surface area contributed by atoms with E-state index in [2.05, 4.69) is 15.5 Å². The van der Waals surface area contributed by atoms with Gasteiger partial charge < -0.3 is 25.4 Å². The number of alkyl halides is 1. The van der Waals surface area contributed by atoms with Gasteiger partial charge in [-0.15, -0.1) is 0 Å². The minimum Gasteiger partial charge on any atom is -0.481 e. The molecule has 0 radical (unpaired) electrons. The van der Waals surface area contributed by atoms with E-state index in [1.54, 1.807) is 32.0 Å². The van der Waals surface area contributed by atoms with Gasteiger partial charge in [0, 0.05) is 17.2 Å². The first-order chi connectivity index (χ1) is 20.0. The predicted molar refractivity (Wildman–Crippen MR) is 155 cm³/mol. The lowest BCUT2D eigenvalue weighted by molar-refractivity contribution is -0.0457. The molecule has 2 aliphatic rings. The van der Waals surface area contributed by atoms with E-state index in [4.69, 9.17) is 25.0 Å². The van der Waals surface area contributed by atoms with Gasteiger partial charge in [-0.25, -0.2) is 24.2 Å². The number of aromatic nitrogens is 1. The number of aliphatic hydroxyl groups is 2. The Labute approximate surface area is 243 Å². The lowest BCUT2D eigenvalue weighted by Crippen LogP contribution is -2.42. The molecule has 5 unspecified atom stereocenters. The van der Waals surface area contributed by atoms with Crippen molar-refractivity contribution in [1.29, 1.82) is 0 Å². The number of benzene rings is 1. The summed E-state index contributed by atoms with van der Waals surface area (Å²) < 4.78 is 41.8. The maximum Gasteiger partial charge on any atom is 0.213 e. The van der Waals surface area contributed by atoms with Crippen LogP contribution in [0.1, 0.15) is 45.7 Å². The highest BCUT2D eigenvalue weighted by atomic mass is 19.1. The zero-order valence-electron chi connectivity index (χ0n) is 24.3. The standard InChI is InChI=1S/C30H37F2N5O5/c1-6-16(4)29(33)35-27-24(15(2)3)30(37-42-14-22-28(39)21(38)13-41-22)36-26(25(27)32)18-11-10-17(31)12-19(18)20-8-7-9-23(34-20)40-5/h7-12,21-22,25-26,28,38-39H,6,13-14,33H2,1-5H3,(H,36,37)/b29-16+,35-27+. The van der Waals surface area contributed by atoms with Crippen molar-refractivity contribution in [3.63, 3.8) is 0 Å². The molecule has 1 aromatic heterocycles. The van der Waals surface area contributed by atoms with Crippen molar-refractivity contribution in [1.82, 2.24) is 10.5 Å². The van der Waals surface area contributed by atoms with Gasteiger partial charge in [0.05, 0.1) is 25.1 Å². The van der Waals surface area contributed by atoms with Crippen molar-refractivity contribution in [3.05, 3.63) is 70.3 Å². The number of halogens is 2. The van der Waals surface area contributed by atoms with Crippen LogP contribution in [0, 0.1) is 5.82 Å². The minimum atomic E-state index is -1.77. The molecule has 0 saturated carbocycles. The fraction of sp³-hybridized carbons (Fsp3) is 0.433. The maximum atomic E-state index is 16.7. The molecule has 226 valence electrons. The number of nitrogens with zero attached hydrogens (tertiary/aromatic N) is 3. The Balaban J connectivity index is 1.83. The highest BCUT2D eigenvalue weighted by Gasteiger charge is 2.39. The Morgan fingerprint density at radius 3 is 2.62 bits per heavy atom. The summed E-state index contributed by atoms with van der Waals surface area (Å²) in [5.74, 6) is 0.125. The van der Waals surface area contributed by atoms with Crippen LogP contribution in [0.25, 0.3) is 11.3 Å². The van der Waals surface area contributed by atoms with Crippen LogP contribution in [0.15, 0.2) is 68.9 Å². The van der Waals surface area contributed by atoms with E-state index in [1.165, 1.54) is 25.3 Å². The molecular formula is C30H37F2N5O5. The van der Waals surface area contributed by atoms with Gasteiger partial charge in [0.1, 0.15) is 42.6 Å². The summed E-state index contributed by atoms with van der Waals surface area (Å²) in [5.41, 5.74) is 12.0. The third-order valence-corrected chi connectivity index (χ3v) is 7.22. The van der Waals surface area contributed by atoms with Gasteiger partial charge in [-0.05, 0) is 56.5 Å². The van der Waals surface area contributed by atoms with E-state index in [1.807, 2.05) is 13.8 Å². The van der Waals surface area contributed by atoms with Gasteiger partial charge in [-0.2, -0.15) is 0 Å². The Bertz CT molecular complexity index is 1420. The number of amidine groups is 1. The molecule has 2 aliphatic heterocycles. The summed E-state index contributed by atoms with van der Waals surface area (Å²) in [6, 6.07) is 7.82. The second-order valence-electron chi connectivity index (χ2n) is 10.4. The lowest BCUT2D eigenvalue weighted by Gasteiger charge is -2.31. The van der Waals surface area contributed by atoms with Crippen LogP contribution < -0.4 is 16.0 Å². The zero-order valence-corrected chi connectivity index (χ0v) is 24.3. The molecule has 2 aromatic rings. The molecule has 0 bridgehead atoms. The van der Waals surface area contributed by atoms with Gasteiger partial charge in [0.25, 0.3) is 0 Å². The smallest absolute Gasteiger partial charge is 0.213 e. The van der Waals surface area contributed by atoms with Crippen LogP contribution in [0.5, 0.6) is 5.88 Å². The summed E-state index contributed by atoms with van der Waals surface area (Å²) in [6.45, 7) is 7.16. The van der Waals surface area contributed by atoms with Gasteiger partial charge in [0.2, 0.25) is 5.88 Å². The van der Waals surface area contributed by atoms with Crippen LogP contribution >= 0.6 is 0 Å². The number of hydroxylamine groups is 1. The molecule has 0 amide bonds. The molecule has 0 spiro atoms. The summed E-state index contributed by atoms with van der Waals surface area (Å²) in [4.78, 5) is 19.3. The summed E-state index contributed by atoms with van der Waals surface area (Å²) >= 11 is 0. The van der Waals surface area contributed by atoms with E-state index in [0.717, 1.165) is 5.57 Å². The lowest BCUT2D eigenvalue weighted by atomic mass is 9.87. The Morgan fingerprint density at radius 2 is 1.98 bits per heavy atom. The SMILES string of the molecule is CC/C(C)=C(N)/N=C1\C(=C(C)C)C(NOCC2OCC(O)C2O)=NC(c2ccc(F)cc2-c2cccc(OC)n2)C1F. The molecule has 12 heteroatoms. The molecule has 5 atom stereocenters. The molecule has 0 aliphatic carbocycles. The van der Waals surface area contributed by atoms with E-state index in [-0.39, 0.29) is 30.6 Å².